The first-order valence-electron chi connectivity index (χ1n) is 7.49. The maximum atomic E-state index is 13.5. The normalized spacial score (nSPS) is 10.5. The lowest BCUT2D eigenvalue weighted by molar-refractivity contribution is 0.0945. The number of pyridine rings is 2. The molecule has 138 valence electrons. The Labute approximate surface area is 162 Å². The Kier molecular flexibility index (Phi) is 5.63. The van der Waals surface area contributed by atoms with Gasteiger partial charge in [-0.05, 0) is 17.7 Å². The summed E-state index contributed by atoms with van der Waals surface area (Å²) in [5, 5.41) is 10.7. The molecule has 0 aromatic carbocycles. The Bertz CT molecular complexity index is 996. The number of hydrogen-bond acceptors (Lipinski definition) is 5. The van der Waals surface area contributed by atoms with Crippen LogP contribution in [-0.4, -0.2) is 32.0 Å². The Balaban J connectivity index is 1.64. The number of anilines is 1. The van der Waals surface area contributed by atoms with Crippen LogP contribution >= 0.6 is 23.2 Å². The van der Waals surface area contributed by atoms with Gasteiger partial charge in [-0.2, -0.15) is 5.10 Å². The van der Waals surface area contributed by atoms with E-state index in [9.17, 15) is 14.0 Å². The van der Waals surface area contributed by atoms with Crippen LogP contribution in [0.4, 0.5) is 10.2 Å². The van der Waals surface area contributed by atoms with Gasteiger partial charge < -0.3 is 10.6 Å². The molecule has 2 amide bonds. The van der Waals surface area contributed by atoms with Gasteiger partial charge in [0, 0.05) is 25.0 Å². The molecule has 3 aromatic heterocycles. The van der Waals surface area contributed by atoms with Gasteiger partial charge in [-0.25, -0.2) is 9.37 Å². The summed E-state index contributed by atoms with van der Waals surface area (Å²) in [6, 6.07) is 5.75. The molecule has 0 unspecified atom stereocenters. The molecule has 0 radical (unpaired) electrons. The first kappa shape index (κ1) is 18.7. The molecule has 3 heterocycles. The molecule has 0 fully saturated rings. The van der Waals surface area contributed by atoms with Crippen molar-refractivity contribution < 1.29 is 14.0 Å². The Hall–Kier alpha value is -3.04. The zero-order valence-corrected chi connectivity index (χ0v) is 15.0. The molecule has 27 heavy (non-hydrogen) atoms. The summed E-state index contributed by atoms with van der Waals surface area (Å²) in [6.45, 7) is 0.270. The van der Waals surface area contributed by atoms with Gasteiger partial charge in [-0.3, -0.25) is 19.7 Å². The Morgan fingerprint density at radius 1 is 1.19 bits per heavy atom. The number of hydrogen-bond donors (Lipinski definition) is 3. The monoisotopic (exact) mass is 408 g/mol. The SMILES string of the molecule is O=C(NCc1cccnc1)c1cc(NC(=O)c2cc(F)c(Cl)nc2Cl)[nH]n1. The van der Waals surface area contributed by atoms with Crippen molar-refractivity contribution in [2.75, 3.05) is 5.32 Å². The van der Waals surface area contributed by atoms with Crippen molar-refractivity contribution in [3.8, 4) is 0 Å². The summed E-state index contributed by atoms with van der Waals surface area (Å²) < 4.78 is 13.5. The van der Waals surface area contributed by atoms with Crippen LogP contribution in [-0.2, 0) is 6.54 Å². The van der Waals surface area contributed by atoms with Crippen LogP contribution in [0.1, 0.15) is 26.4 Å². The lowest BCUT2D eigenvalue weighted by Crippen LogP contribution is -2.23. The Morgan fingerprint density at radius 3 is 2.74 bits per heavy atom. The first-order valence-corrected chi connectivity index (χ1v) is 8.25. The zero-order valence-electron chi connectivity index (χ0n) is 13.5. The van der Waals surface area contributed by atoms with Gasteiger partial charge in [-0.15, -0.1) is 0 Å². The number of aromatic nitrogens is 4. The fraction of sp³-hybridized carbons (Fsp3) is 0.0625. The predicted molar refractivity (Wildman–Crippen MR) is 96.2 cm³/mol. The standard InChI is InChI=1S/C16H11Cl2FN6O2/c17-13-9(4-10(19)14(18)23-13)15(26)22-12-5-11(24-25-12)16(27)21-7-8-2-1-3-20-6-8/h1-6H,7H2,(H,21,27)(H2,22,24,25,26). The van der Waals surface area contributed by atoms with E-state index in [1.165, 1.54) is 6.07 Å². The molecule has 11 heteroatoms. The summed E-state index contributed by atoms with van der Waals surface area (Å²) in [5.74, 6) is -1.95. The second-order valence-corrected chi connectivity index (χ2v) is 5.98. The molecule has 3 aromatic rings. The Morgan fingerprint density at radius 2 is 2.00 bits per heavy atom. The van der Waals surface area contributed by atoms with E-state index in [1.54, 1.807) is 18.5 Å². The van der Waals surface area contributed by atoms with Gasteiger partial charge in [0.2, 0.25) is 0 Å². The van der Waals surface area contributed by atoms with Crippen LogP contribution in [0.25, 0.3) is 0 Å². The van der Waals surface area contributed by atoms with Crippen molar-refractivity contribution in [1.29, 1.82) is 0 Å². The van der Waals surface area contributed by atoms with E-state index in [1.807, 2.05) is 6.07 Å². The molecule has 8 nitrogen and oxygen atoms in total. The van der Waals surface area contributed by atoms with Crippen LogP contribution in [0.2, 0.25) is 10.3 Å². The third kappa shape index (κ3) is 4.57. The second kappa shape index (κ2) is 8.11. The van der Waals surface area contributed by atoms with Crippen molar-refractivity contribution in [3.05, 3.63) is 69.6 Å². The highest BCUT2D eigenvalue weighted by molar-refractivity contribution is 6.35. The molecule has 0 aliphatic rings. The minimum atomic E-state index is -0.883. The van der Waals surface area contributed by atoms with Crippen molar-refractivity contribution in [1.82, 2.24) is 25.5 Å². The predicted octanol–water partition coefficient (Wildman–Crippen LogP) is 2.83. The third-order valence-corrected chi connectivity index (χ3v) is 3.92. The highest BCUT2D eigenvalue weighted by Crippen LogP contribution is 2.21. The van der Waals surface area contributed by atoms with Crippen LogP contribution in [0, 0.1) is 5.82 Å². The summed E-state index contributed by atoms with van der Waals surface area (Å²) in [7, 11) is 0. The third-order valence-electron chi connectivity index (χ3n) is 3.37. The molecular formula is C16H11Cl2FN6O2. The lowest BCUT2D eigenvalue weighted by Gasteiger charge is -2.05. The zero-order chi connectivity index (χ0) is 19.4. The minimum Gasteiger partial charge on any atom is -0.347 e. The molecule has 0 aliphatic carbocycles. The van der Waals surface area contributed by atoms with Gasteiger partial charge in [0.25, 0.3) is 11.8 Å². The fourth-order valence-electron chi connectivity index (χ4n) is 2.07. The van der Waals surface area contributed by atoms with Crippen LogP contribution < -0.4 is 10.6 Å². The number of amides is 2. The molecular weight excluding hydrogens is 398 g/mol. The van der Waals surface area contributed by atoms with E-state index in [2.05, 4.69) is 30.8 Å². The van der Waals surface area contributed by atoms with Gasteiger partial charge in [0.05, 0.1) is 5.56 Å². The van der Waals surface area contributed by atoms with Gasteiger partial charge >= 0.3 is 0 Å². The number of H-pyrrole nitrogens is 1. The van der Waals surface area contributed by atoms with Crippen LogP contribution in [0.3, 0.4) is 0 Å². The van der Waals surface area contributed by atoms with Crippen LogP contribution in [0.15, 0.2) is 36.7 Å². The van der Waals surface area contributed by atoms with Crippen LogP contribution in [0.5, 0.6) is 0 Å². The molecule has 0 bridgehead atoms. The number of carbonyl (C=O) groups is 2. The number of nitrogens with zero attached hydrogens (tertiary/aromatic N) is 3. The van der Waals surface area contributed by atoms with E-state index in [4.69, 9.17) is 23.2 Å². The second-order valence-electron chi connectivity index (χ2n) is 5.26. The maximum absolute atomic E-state index is 13.5. The molecule has 0 saturated carbocycles. The largest absolute Gasteiger partial charge is 0.347 e. The fourth-order valence-corrected chi connectivity index (χ4v) is 2.48. The molecule has 0 spiro atoms. The lowest BCUT2D eigenvalue weighted by atomic mass is 10.2. The van der Waals surface area contributed by atoms with Crippen molar-refractivity contribution in [2.45, 2.75) is 6.54 Å². The number of rotatable bonds is 5. The maximum Gasteiger partial charge on any atom is 0.272 e. The molecule has 0 saturated heterocycles. The quantitative estimate of drug-likeness (QED) is 0.561. The molecule has 3 N–H and O–H groups in total. The highest BCUT2D eigenvalue weighted by atomic mass is 35.5. The number of aromatic amines is 1. The van der Waals surface area contributed by atoms with E-state index in [-0.39, 0.29) is 28.8 Å². The first-order chi connectivity index (χ1) is 12.9. The minimum absolute atomic E-state index is 0.0562. The summed E-state index contributed by atoms with van der Waals surface area (Å²) >= 11 is 11.3. The summed E-state index contributed by atoms with van der Waals surface area (Å²) in [6.07, 6.45) is 3.25. The topological polar surface area (TPSA) is 113 Å². The van der Waals surface area contributed by atoms with Crippen molar-refractivity contribution in [2.24, 2.45) is 0 Å². The van der Waals surface area contributed by atoms with E-state index >= 15 is 0 Å². The van der Waals surface area contributed by atoms with Gasteiger partial charge in [0.15, 0.2) is 16.7 Å². The average molecular weight is 409 g/mol. The van der Waals surface area contributed by atoms with Crippen molar-refractivity contribution >= 4 is 40.8 Å². The smallest absolute Gasteiger partial charge is 0.272 e. The van der Waals surface area contributed by atoms with E-state index < -0.39 is 22.8 Å². The number of halogens is 3. The average Bonchev–Trinajstić information content (AvgIpc) is 3.12. The molecule has 0 atom stereocenters. The summed E-state index contributed by atoms with van der Waals surface area (Å²) in [5.41, 5.74) is 0.665. The highest BCUT2D eigenvalue weighted by Gasteiger charge is 2.17. The molecule has 0 aliphatic heterocycles. The number of nitrogens with one attached hydrogen (secondary N) is 3. The van der Waals surface area contributed by atoms with Gasteiger partial charge in [0.1, 0.15) is 11.0 Å². The van der Waals surface area contributed by atoms with Crippen molar-refractivity contribution in [3.63, 3.8) is 0 Å². The van der Waals surface area contributed by atoms with E-state index in [0.717, 1.165) is 11.6 Å². The number of carbonyl (C=O) groups excluding carboxylic acids is 2. The van der Waals surface area contributed by atoms with E-state index in [0.29, 0.717) is 0 Å². The molecule has 3 rings (SSSR count). The summed E-state index contributed by atoms with van der Waals surface area (Å²) in [4.78, 5) is 31.8. The van der Waals surface area contributed by atoms with Gasteiger partial charge in [-0.1, -0.05) is 29.3 Å².